The summed E-state index contributed by atoms with van der Waals surface area (Å²) in [5.74, 6) is 2.63. The average Bonchev–Trinajstić information content (AvgIpc) is 2.86. The topological polar surface area (TPSA) is 3.24 Å². The van der Waals surface area contributed by atoms with Crippen LogP contribution in [0.5, 0.6) is 0 Å². The van der Waals surface area contributed by atoms with Crippen LogP contribution < -0.4 is 0 Å². The molecule has 0 amide bonds. The number of fused-ring (bicyclic) bond motifs is 1. The van der Waals surface area contributed by atoms with E-state index < -0.39 is 0 Å². The van der Waals surface area contributed by atoms with Gasteiger partial charge in [-0.2, -0.15) is 0 Å². The van der Waals surface area contributed by atoms with Crippen molar-refractivity contribution in [2.24, 2.45) is 23.2 Å². The second-order valence-corrected chi connectivity index (χ2v) is 9.05. The van der Waals surface area contributed by atoms with Crippen LogP contribution in [-0.4, -0.2) is 24.0 Å². The molecule has 0 spiro atoms. The first kappa shape index (κ1) is 17.0. The molecular weight excluding hydrogens is 334 g/mol. The molecule has 1 nitrogen and oxygen atoms in total. The Bertz CT molecular complexity index is 418. The molecule has 1 saturated heterocycles. The molecule has 1 heterocycles. The molecule has 0 bridgehead atoms. The van der Waals surface area contributed by atoms with Crippen molar-refractivity contribution in [3.05, 3.63) is 10.6 Å². The summed E-state index contributed by atoms with van der Waals surface area (Å²) in [6.07, 6.45) is 11.3. The monoisotopic (exact) mass is 367 g/mol. The van der Waals surface area contributed by atoms with Gasteiger partial charge in [0, 0.05) is 12.6 Å². The molecule has 2 heteroatoms. The Hall–Kier alpha value is 0.180. The van der Waals surface area contributed by atoms with Crippen LogP contribution in [0.15, 0.2) is 10.6 Å². The van der Waals surface area contributed by atoms with Crippen LogP contribution in [0.2, 0.25) is 0 Å². The van der Waals surface area contributed by atoms with Gasteiger partial charge in [-0.05, 0) is 86.6 Å². The highest BCUT2D eigenvalue weighted by molar-refractivity contribution is 9.11. The Labute approximate surface area is 146 Å². The lowest BCUT2D eigenvalue weighted by Gasteiger charge is -2.45. The summed E-state index contributed by atoms with van der Waals surface area (Å²) in [5, 5.41) is 0. The van der Waals surface area contributed by atoms with E-state index in [9.17, 15) is 0 Å². The van der Waals surface area contributed by atoms with E-state index in [0.29, 0.717) is 5.41 Å². The predicted molar refractivity (Wildman–Crippen MR) is 99.2 cm³/mol. The molecule has 126 valence electrons. The van der Waals surface area contributed by atoms with Crippen LogP contribution in [0.25, 0.3) is 0 Å². The number of nitrogens with zero attached hydrogens (tertiary/aromatic N) is 1. The molecule has 0 N–H and O–H groups in total. The molecule has 0 unspecified atom stereocenters. The van der Waals surface area contributed by atoms with Crippen molar-refractivity contribution in [1.29, 1.82) is 0 Å². The molecule has 3 rings (SSSR count). The molecule has 3 fully saturated rings. The summed E-state index contributed by atoms with van der Waals surface area (Å²) in [6.45, 7) is 10.3. The normalized spacial score (nSPS) is 43.3. The van der Waals surface area contributed by atoms with E-state index in [0.717, 1.165) is 23.8 Å². The van der Waals surface area contributed by atoms with E-state index in [2.05, 4.69) is 46.6 Å². The van der Waals surface area contributed by atoms with Crippen LogP contribution in [-0.2, 0) is 0 Å². The third kappa shape index (κ3) is 3.07. The van der Waals surface area contributed by atoms with Crippen molar-refractivity contribution in [1.82, 2.24) is 4.90 Å². The number of piperidine rings is 1. The number of hydrogen-bond donors (Lipinski definition) is 0. The Kier molecular flexibility index (Phi) is 5.39. The van der Waals surface area contributed by atoms with Crippen molar-refractivity contribution in [3.8, 4) is 0 Å². The highest BCUT2D eigenvalue weighted by Crippen LogP contribution is 2.59. The van der Waals surface area contributed by atoms with Gasteiger partial charge in [0.2, 0.25) is 0 Å². The minimum absolute atomic E-state index is 0.566. The number of allylic oxidation sites excluding steroid dienone is 1. The van der Waals surface area contributed by atoms with Crippen molar-refractivity contribution in [2.75, 3.05) is 13.1 Å². The predicted octanol–water partition coefficient (Wildman–Crippen LogP) is 5.99. The third-order valence-corrected chi connectivity index (χ3v) is 7.92. The first-order valence-electron chi connectivity index (χ1n) is 9.59. The molecule has 5 atom stereocenters. The quantitative estimate of drug-likeness (QED) is 0.591. The van der Waals surface area contributed by atoms with Crippen molar-refractivity contribution in [3.63, 3.8) is 0 Å². The fraction of sp³-hybridized carbons (Fsp3) is 0.900. The molecule has 0 radical (unpaired) electrons. The number of hydrogen-bond acceptors (Lipinski definition) is 1. The van der Waals surface area contributed by atoms with Gasteiger partial charge in [-0.3, -0.25) is 0 Å². The van der Waals surface area contributed by atoms with E-state index in [1.165, 1.54) is 64.5 Å². The largest absolute Gasteiger partial charge is 0.300 e. The summed E-state index contributed by atoms with van der Waals surface area (Å²) >= 11 is 3.65. The van der Waals surface area contributed by atoms with Crippen molar-refractivity contribution >= 4 is 15.9 Å². The van der Waals surface area contributed by atoms with Gasteiger partial charge in [-0.1, -0.05) is 41.8 Å². The Morgan fingerprint density at radius 2 is 2.09 bits per heavy atom. The zero-order valence-corrected chi connectivity index (χ0v) is 16.4. The Morgan fingerprint density at radius 1 is 1.27 bits per heavy atom. The van der Waals surface area contributed by atoms with Crippen LogP contribution in [0.1, 0.15) is 72.1 Å². The molecule has 1 aliphatic heterocycles. The fourth-order valence-corrected chi connectivity index (χ4v) is 6.62. The van der Waals surface area contributed by atoms with E-state index >= 15 is 0 Å². The minimum Gasteiger partial charge on any atom is -0.300 e. The second-order valence-electron chi connectivity index (χ2n) is 8.60. The molecule has 22 heavy (non-hydrogen) atoms. The summed E-state index contributed by atoms with van der Waals surface area (Å²) in [6, 6.07) is 0.811. The smallest absolute Gasteiger partial charge is 0.00670 e. The third-order valence-electron chi connectivity index (χ3n) is 7.33. The molecule has 3 aliphatic rings. The first-order valence-corrected chi connectivity index (χ1v) is 10.5. The van der Waals surface area contributed by atoms with E-state index in [1.807, 2.05) is 0 Å². The van der Waals surface area contributed by atoms with E-state index in [1.54, 1.807) is 5.57 Å². The Morgan fingerprint density at radius 3 is 2.82 bits per heavy atom. The number of halogens is 1. The first-order chi connectivity index (χ1) is 10.6. The van der Waals surface area contributed by atoms with E-state index in [4.69, 9.17) is 0 Å². The summed E-state index contributed by atoms with van der Waals surface area (Å²) in [7, 11) is 0. The van der Waals surface area contributed by atoms with Gasteiger partial charge in [-0.25, -0.2) is 0 Å². The van der Waals surface area contributed by atoms with Gasteiger partial charge in [0.1, 0.15) is 0 Å². The highest BCUT2D eigenvalue weighted by Gasteiger charge is 2.50. The van der Waals surface area contributed by atoms with Gasteiger partial charge in [0.25, 0.3) is 0 Å². The van der Waals surface area contributed by atoms with Crippen LogP contribution >= 0.6 is 15.9 Å². The maximum atomic E-state index is 3.65. The molecule has 0 aromatic rings. The van der Waals surface area contributed by atoms with Gasteiger partial charge in [-0.15, -0.1) is 0 Å². The average molecular weight is 368 g/mol. The standard InChI is InChI=1S/C20H34BrN/c1-15(14-22-12-5-4-7-16(22)2)18-9-10-19-17(13-21)8-6-11-20(18,19)3/h13,15-16,18-19H,4-12,14H2,1-3H3/b17-13+/t15-,16-,18-,19+,20-/m1/s1. The summed E-state index contributed by atoms with van der Waals surface area (Å²) < 4.78 is 0. The molecule has 0 aromatic carbocycles. The Balaban J connectivity index is 1.69. The minimum atomic E-state index is 0.566. The maximum Gasteiger partial charge on any atom is 0.00670 e. The van der Waals surface area contributed by atoms with Gasteiger partial charge < -0.3 is 4.90 Å². The lowest BCUT2D eigenvalue weighted by Crippen LogP contribution is -2.44. The highest BCUT2D eigenvalue weighted by atomic mass is 79.9. The van der Waals surface area contributed by atoms with Crippen LogP contribution in [0.3, 0.4) is 0 Å². The molecule has 0 aromatic heterocycles. The van der Waals surface area contributed by atoms with E-state index in [-0.39, 0.29) is 0 Å². The fourth-order valence-electron chi connectivity index (χ4n) is 6.07. The van der Waals surface area contributed by atoms with Gasteiger partial charge >= 0.3 is 0 Å². The number of rotatable bonds is 3. The van der Waals surface area contributed by atoms with Gasteiger partial charge in [0.15, 0.2) is 0 Å². The van der Waals surface area contributed by atoms with Gasteiger partial charge in [0.05, 0.1) is 0 Å². The summed E-state index contributed by atoms with van der Waals surface area (Å²) in [5.41, 5.74) is 2.27. The zero-order valence-electron chi connectivity index (χ0n) is 14.8. The SMILES string of the molecule is C[C@H](CN1CCCC[C@H]1C)[C@H]1CC[C@H]2/C(=C/Br)CCC[C@]12C. The van der Waals surface area contributed by atoms with Crippen molar-refractivity contribution in [2.45, 2.75) is 78.2 Å². The maximum absolute atomic E-state index is 3.65. The lowest BCUT2D eigenvalue weighted by atomic mass is 9.61. The molecular formula is C20H34BrN. The van der Waals surface area contributed by atoms with Crippen LogP contribution in [0, 0.1) is 23.2 Å². The second kappa shape index (κ2) is 6.97. The van der Waals surface area contributed by atoms with Crippen molar-refractivity contribution < 1.29 is 0 Å². The molecule has 2 saturated carbocycles. The van der Waals surface area contributed by atoms with Crippen LogP contribution in [0.4, 0.5) is 0 Å². The summed E-state index contributed by atoms with van der Waals surface area (Å²) in [4.78, 5) is 5.05. The zero-order chi connectivity index (χ0) is 15.7. The molecule has 2 aliphatic carbocycles. The number of likely N-dealkylation sites (tertiary alicyclic amines) is 1. The lowest BCUT2D eigenvalue weighted by molar-refractivity contribution is 0.0599.